The number of ether oxygens (including phenoxy) is 1. The fourth-order valence-electron chi connectivity index (χ4n) is 3.67. The number of ketones is 1. The summed E-state index contributed by atoms with van der Waals surface area (Å²) >= 11 is 5.92. The first-order valence-electron chi connectivity index (χ1n) is 10.2. The predicted molar refractivity (Wildman–Crippen MR) is 116 cm³/mol. The van der Waals surface area contributed by atoms with E-state index in [1.54, 1.807) is 6.92 Å². The molecule has 0 bridgehead atoms. The number of piperazine rings is 1. The number of carbonyl (C=O) groups excluding carboxylic acids is 1. The quantitative estimate of drug-likeness (QED) is 0.647. The molecule has 0 amide bonds. The van der Waals surface area contributed by atoms with Gasteiger partial charge in [0.15, 0.2) is 5.78 Å². The summed E-state index contributed by atoms with van der Waals surface area (Å²) in [4.78, 5) is 15.1. The summed E-state index contributed by atoms with van der Waals surface area (Å²) in [5, 5.41) is 11.1. The third-order valence-electron chi connectivity index (χ3n) is 5.51. The number of benzene rings is 2. The first-order chi connectivity index (χ1) is 13.9. The molecular formula is C23H30ClN2O3+. The number of anilines is 1. The molecule has 1 aliphatic rings. The number of aliphatic hydroxyl groups is 1. The minimum atomic E-state index is -0.485. The predicted octanol–water partition coefficient (Wildman–Crippen LogP) is 2.39. The SMILES string of the molecule is CC(=O)c1ccc(N2CC[NH+](C[C@@H](O)CO[C@@H](C)c3ccc(Cl)cc3)CC2)cc1. The number of hydrogen-bond donors (Lipinski definition) is 2. The Morgan fingerprint density at radius 1 is 1.14 bits per heavy atom. The first kappa shape index (κ1) is 21.8. The largest absolute Gasteiger partial charge is 0.385 e. The molecule has 0 unspecified atom stereocenters. The highest BCUT2D eigenvalue weighted by molar-refractivity contribution is 6.30. The monoisotopic (exact) mass is 417 g/mol. The van der Waals surface area contributed by atoms with Crippen molar-refractivity contribution >= 4 is 23.1 Å². The maximum Gasteiger partial charge on any atom is 0.159 e. The Morgan fingerprint density at radius 2 is 1.76 bits per heavy atom. The molecule has 0 aromatic heterocycles. The van der Waals surface area contributed by atoms with Crippen LogP contribution in [0.5, 0.6) is 0 Å². The van der Waals surface area contributed by atoms with Crippen molar-refractivity contribution in [1.82, 2.24) is 0 Å². The Labute approximate surface area is 177 Å². The van der Waals surface area contributed by atoms with Crippen LogP contribution in [0.1, 0.15) is 35.9 Å². The molecule has 3 rings (SSSR count). The lowest BCUT2D eigenvalue weighted by molar-refractivity contribution is -0.903. The fourth-order valence-corrected chi connectivity index (χ4v) is 3.80. The molecule has 2 atom stereocenters. The fraction of sp³-hybridized carbons (Fsp3) is 0.435. The molecule has 1 saturated heterocycles. The van der Waals surface area contributed by atoms with Gasteiger partial charge in [-0.15, -0.1) is 0 Å². The third-order valence-corrected chi connectivity index (χ3v) is 5.76. The number of carbonyl (C=O) groups is 1. The van der Waals surface area contributed by atoms with Crippen molar-refractivity contribution in [2.24, 2.45) is 0 Å². The van der Waals surface area contributed by atoms with Gasteiger partial charge in [0.05, 0.1) is 38.9 Å². The van der Waals surface area contributed by atoms with Gasteiger partial charge in [0, 0.05) is 16.3 Å². The van der Waals surface area contributed by atoms with Gasteiger partial charge in [-0.1, -0.05) is 23.7 Å². The first-order valence-corrected chi connectivity index (χ1v) is 10.5. The highest BCUT2D eigenvalue weighted by Gasteiger charge is 2.23. The van der Waals surface area contributed by atoms with E-state index in [1.807, 2.05) is 55.5 Å². The van der Waals surface area contributed by atoms with Crippen molar-refractivity contribution in [2.45, 2.75) is 26.1 Å². The van der Waals surface area contributed by atoms with Crippen molar-refractivity contribution in [3.63, 3.8) is 0 Å². The van der Waals surface area contributed by atoms with Crippen LogP contribution in [0.4, 0.5) is 5.69 Å². The van der Waals surface area contributed by atoms with Crippen LogP contribution in [-0.2, 0) is 4.74 Å². The number of Topliss-reactive ketones (excluding diaryl/α,β-unsaturated/α-hetero) is 1. The summed E-state index contributed by atoms with van der Waals surface area (Å²) in [6.07, 6.45) is -0.562. The van der Waals surface area contributed by atoms with E-state index in [2.05, 4.69) is 4.90 Å². The summed E-state index contributed by atoms with van der Waals surface area (Å²) in [7, 11) is 0. The second-order valence-corrected chi connectivity index (χ2v) is 8.16. The van der Waals surface area contributed by atoms with Gasteiger partial charge >= 0.3 is 0 Å². The zero-order chi connectivity index (χ0) is 20.8. The minimum Gasteiger partial charge on any atom is -0.385 e. The second-order valence-electron chi connectivity index (χ2n) is 7.73. The van der Waals surface area contributed by atoms with Crippen molar-refractivity contribution < 1.29 is 19.5 Å². The van der Waals surface area contributed by atoms with E-state index in [-0.39, 0.29) is 11.9 Å². The summed E-state index contributed by atoms with van der Waals surface area (Å²) < 4.78 is 5.85. The number of quaternary nitrogens is 1. The molecule has 2 aromatic carbocycles. The zero-order valence-electron chi connectivity index (χ0n) is 17.1. The van der Waals surface area contributed by atoms with Crippen LogP contribution in [0.25, 0.3) is 0 Å². The van der Waals surface area contributed by atoms with E-state index in [1.165, 1.54) is 4.90 Å². The molecular weight excluding hydrogens is 388 g/mol. The number of halogens is 1. The van der Waals surface area contributed by atoms with E-state index < -0.39 is 6.10 Å². The van der Waals surface area contributed by atoms with E-state index >= 15 is 0 Å². The number of nitrogens with zero attached hydrogens (tertiary/aromatic N) is 1. The smallest absolute Gasteiger partial charge is 0.159 e. The van der Waals surface area contributed by atoms with Gasteiger partial charge in [-0.25, -0.2) is 0 Å². The average molecular weight is 418 g/mol. The van der Waals surface area contributed by atoms with E-state index in [4.69, 9.17) is 16.3 Å². The molecule has 0 saturated carbocycles. The van der Waals surface area contributed by atoms with Crippen molar-refractivity contribution in [3.05, 3.63) is 64.7 Å². The Morgan fingerprint density at radius 3 is 2.34 bits per heavy atom. The van der Waals surface area contributed by atoms with Crippen LogP contribution < -0.4 is 9.80 Å². The van der Waals surface area contributed by atoms with Gasteiger partial charge in [-0.3, -0.25) is 4.79 Å². The van der Waals surface area contributed by atoms with Crippen LogP contribution in [0, 0.1) is 0 Å². The molecule has 6 heteroatoms. The molecule has 29 heavy (non-hydrogen) atoms. The molecule has 1 heterocycles. The molecule has 5 nitrogen and oxygen atoms in total. The van der Waals surface area contributed by atoms with E-state index in [9.17, 15) is 9.90 Å². The molecule has 1 fully saturated rings. The maximum absolute atomic E-state index is 11.4. The summed E-state index contributed by atoms with van der Waals surface area (Å²) in [6.45, 7) is 8.39. The van der Waals surface area contributed by atoms with Crippen molar-refractivity contribution in [1.29, 1.82) is 0 Å². The van der Waals surface area contributed by atoms with Crippen LogP contribution in [0.3, 0.4) is 0 Å². The maximum atomic E-state index is 11.4. The van der Waals surface area contributed by atoms with Crippen LogP contribution in [0.15, 0.2) is 48.5 Å². The van der Waals surface area contributed by atoms with Gasteiger partial charge < -0.3 is 19.6 Å². The third kappa shape index (κ3) is 6.28. The number of hydrogen-bond acceptors (Lipinski definition) is 4. The molecule has 0 spiro atoms. The van der Waals surface area contributed by atoms with E-state index in [0.717, 1.165) is 43.0 Å². The van der Waals surface area contributed by atoms with Crippen molar-refractivity contribution in [2.75, 3.05) is 44.2 Å². The topological polar surface area (TPSA) is 54.2 Å². The van der Waals surface area contributed by atoms with Crippen molar-refractivity contribution in [3.8, 4) is 0 Å². The molecule has 2 aromatic rings. The second kappa shape index (κ2) is 10.2. The standard InChI is InChI=1S/C23H29ClN2O3/c1-17(27)19-5-9-22(10-6-19)26-13-11-25(12-14-26)15-23(28)16-29-18(2)20-3-7-21(24)8-4-20/h3-10,18,23,28H,11-16H2,1-2H3/p+1/t18-,23+/m0/s1. The highest BCUT2D eigenvalue weighted by Crippen LogP contribution is 2.19. The van der Waals surface area contributed by atoms with Gasteiger partial charge in [-0.05, 0) is 55.8 Å². The lowest BCUT2D eigenvalue weighted by Gasteiger charge is -2.34. The summed E-state index contributed by atoms with van der Waals surface area (Å²) in [5.41, 5.74) is 2.95. The van der Waals surface area contributed by atoms with Crippen LogP contribution >= 0.6 is 11.6 Å². The molecule has 0 aliphatic carbocycles. The summed E-state index contributed by atoms with van der Waals surface area (Å²) in [5.74, 6) is 0.0902. The average Bonchev–Trinajstić information content (AvgIpc) is 2.73. The van der Waals surface area contributed by atoms with Gasteiger partial charge in [-0.2, -0.15) is 0 Å². The zero-order valence-corrected chi connectivity index (χ0v) is 17.9. The Bertz CT molecular complexity index is 787. The van der Waals surface area contributed by atoms with Crippen LogP contribution in [0.2, 0.25) is 5.02 Å². The lowest BCUT2D eigenvalue weighted by Crippen LogP contribution is -3.16. The Hall–Kier alpha value is -1.92. The van der Waals surface area contributed by atoms with E-state index in [0.29, 0.717) is 18.2 Å². The van der Waals surface area contributed by atoms with Gasteiger partial charge in [0.25, 0.3) is 0 Å². The minimum absolute atomic E-state index is 0.0771. The van der Waals surface area contributed by atoms with Gasteiger partial charge in [0.1, 0.15) is 12.6 Å². The molecule has 1 aliphatic heterocycles. The Kier molecular flexibility index (Phi) is 7.67. The normalized spacial score (nSPS) is 17.2. The molecule has 2 N–H and O–H groups in total. The van der Waals surface area contributed by atoms with Gasteiger partial charge in [0.2, 0.25) is 0 Å². The number of nitrogens with one attached hydrogen (secondary N) is 1. The molecule has 156 valence electrons. The Balaban J connectivity index is 1.40. The molecule has 0 radical (unpaired) electrons. The lowest BCUT2D eigenvalue weighted by atomic mass is 10.1. The summed E-state index contributed by atoms with van der Waals surface area (Å²) in [6, 6.07) is 15.4. The number of rotatable bonds is 8. The number of aliphatic hydroxyl groups excluding tert-OH is 1. The highest BCUT2D eigenvalue weighted by atomic mass is 35.5. The van der Waals surface area contributed by atoms with Crippen LogP contribution in [-0.4, -0.2) is 56.3 Å².